The third kappa shape index (κ3) is 4.83. The number of ether oxygens (including phenoxy) is 1. The Morgan fingerprint density at radius 3 is 1.74 bits per heavy atom. The van der Waals surface area contributed by atoms with Crippen molar-refractivity contribution in [1.29, 1.82) is 0 Å². The van der Waals surface area contributed by atoms with Crippen molar-refractivity contribution in [1.82, 2.24) is 0 Å². The van der Waals surface area contributed by atoms with Gasteiger partial charge in [-0.2, -0.15) is 39.5 Å². The summed E-state index contributed by atoms with van der Waals surface area (Å²) in [7, 11) is 0. The van der Waals surface area contributed by atoms with Crippen LogP contribution in [0, 0.1) is 5.82 Å². The second-order valence-corrected chi connectivity index (χ2v) is 6.04. The molecule has 0 heterocycles. The van der Waals surface area contributed by atoms with Crippen molar-refractivity contribution in [3.63, 3.8) is 0 Å². The molecule has 0 radical (unpaired) electrons. The van der Waals surface area contributed by atoms with Gasteiger partial charge in [0.25, 0.3) is 0 Å². The predicted octanol–water partition coefficient (Wildman–Crippen LogP) is 6.28. The molecule has 2 rings (SSSR count). The van der Waals surface area contributed by atoms with Crippen molar-refractivity contribution in [2.75, 3.05) is 0 Å². The molecule has 0 unspecified atom stereocenters. The number of hydrogen-bond acceptors (Lipinski definition) is 2. The van der Waals surface area contributed by atoms with E-state index in [1.165, 1.54) is 18.2 Å². The van der Waals surface area contributed by atoms with Crippen LogP contribution in [0.5, 0.6) is 5.75 Å². The minimum absolute atomic E-state index is 0.281. The van der Waals surface area contributed by atoms with E-state index in [4.69, 9.17) is 0 Å². The first kappa shape index (κ1) is 24.2. The van der Waals surface area contributed by atoms with E-state index >= 15 is 0 Å². The van der Waals surface area contributed by atoms with Gasteiger partial charge >= 0.3 is 29.9 Å². The van der Waals surface area contributed by atoms with Crippen LogP contribution in [0.15, 0.2) is 60.7 Å². The van der Waals surface area contributed by atoms with Gasteiger partial charge in [0.1, 0.15) is 11.6 Å². The molecule has 2 aromatic carbocycles. The molecule has 0 atom stereocenters. The maximum Gasteiger partial charge on any atom is 0.460 e. The number of carbonyl (C=O) groups is 1. The van der Waals surface area contributed by atoms with Crippen LogP contribution >= 0.6 is 0 Å². The number of hydrogen-bond donors (Lipinski definition) is 0. The first-order valence-corrected chi connectivity index (χ1v) is 8.06. The van der Waals surface area contributed by atoms with Crippen LogP contribution in [0.2, 0.25) is 0 Å². The zero-order valence-electron chi connectivity index (χ0n) is 14.9. The molecule has 0 saturated heterocycles. The Hall–Kier alpha value is -3.05. The lowest BCUT2D eigenvalue weighted by atomic mass is 9.98. The quantitative estimate of drug-likeness (QED) is 0.220. The fraction of sp³-hybridized carbons (Fsp3) is 0.211. The number of esters is 1. The summed E-state index contributed by atoms with van der Waals surface area (Å²) in [5.41, 5.74) is -2.19. The van der Waals surface area contributed by atoms with Crippen molar-refractivity contribution in [3.8, 4) is 5.75 Å². The lowest BCUT2D eigenvalue weighted by Gasteiger charge is -2.32. The number of alkyl halides is 9. The molecule has 0 amide bonds. The van der Waals surface area contributed by atoms with E-state index < -0.39 is 52.9 Å². The van der Waals surface area contributed by atoms with Crippen LogP contribution in [-0.2, 0) is 4.79 Å². The largest absolute Gasteiger partial charge is 0.460 e. The maximum atomic E-state index is 14.1. The predicted molar refractivity (Wildman–Crippen MR) is 87.4 cm³/mol. The van der Waals surface area contributed by atoms with Gasteiger partial charge in [0.15, 0.2) is 0 Å². The van der Waals surface area contributed by atoms with Crippen molar-refractivity contribution in [2.24, 2.45) is 0 Å². The van der Waals surface area contributed by atoms with Gasteiger partial charge in [0, 0.05) is 6.08 Å². The molecule has 2 aromatic rings. The molecule has 12 heteroatoms. The third-order valence-electron chi connectivity index (χ3n) is 3.82. The zero-order valence-corrected chi connectivity index (χ0v) is 14.9. The fourth-order valence-corrected chi connectivity index (χ4v) is 2.20. The van der Waals surface area contributed by atoms with Crippen molar-refractivity contribution in [3.05, 3.63) is 72.1 Å². The molecule has 0 saturated carbocycles. The molecule has 0 N–H and O–H groups in total. The smallest absolute Gasteiger partial charge is 0.423 e. The molecule has 0 aliphatic heterocycles. The summed E-state index contributed by atoms with van der Waals surface area (Å²) in [4.78, 5) is 12.3. The van der Waals surface area contributed by atoms with Crippen molar-refractivity contribution < 1.29 is 53.4 Å². The van der Waals surface area contributed by atoms with Gasteiger partial charge < -0.3 is 4.74 Å². The number of rotatable bonds is 6. The van der Waals surface area contributed by atoms with E-state index in [0.29, 0.717) is 24.3 Å². The average molecular weight is 460 g/mol. The number of carbonyl (C=O) groups excluding carboxylic acids is 1. The lowest BCUT2D eigenvalue weighted by molar-refractivity contribution is -0.388. The van der Waals surface area contributed by atoms with E-state index in [1.54, 1.807) is 0 Å². The standard InChI is InChI=1S/C19H10F10O2/c20-12-8-6-11(7-9-12)14(15(30)31-13-4-2-1-3-5-13)10-16(21,22)17(23,24)18(25,26)19(27,28)29/h1-10H/b14-10+. The molecular formula is C19H10F10O2. The highest BCUT2D eigenvalue weighted by Gasteiger charge is 2.81. The first-order chi connectivity index (χ1) is 14.1. The average Bonchev–Trinajstić information content (AvgIpc) is 2.66. The monoisotopic (exact) mass is 460 g/mol. The molecule has 0 bridgehead atoms. The highest BCUT2D eigenvalue weighted by molar-refractivity contribution is 6.17. The Balaban J connectivity index is 2.58. The van der Waals surface area contributed by atoms with Crippen LogP contribution in [0.25, 0.3) is 5.57 Å². The van der Waals surface area contributed by atoms with E-state index in [1.807, 2.05) is 0 Å². The van der Waals surface area contributed by atoms with E-state index in [0.717, 1.165) is 12.1 Å². The fourth-order valence-electron chi connectivity index (χ4n) is 2.20. The number of allylic oxidation sites excluding steroid dienone is 1. The molecule has 0 aromatic heterocycles. The second-order valence-electron chi connectivity index (χ2n) is 6.04. The molecule has 0 fully saturated rings. The van der Waals surface area contributed by atoms with Crippen LogP contribution in [0.1, 0.15) is 5.56 Å². The number of para-hydroxylation sites is 1. The van der Waals surface area contributed by atoms with Crippen LogP contribution in [-0.4, -0.2) is 29.9 Å². The highest BCUT2D eigenvalue weighted by Crippen LogP contribution is 2.54. The summed E-state index contributed by atoms with van der Waals surface area (Å²) in [6, 6.07) is 8.91. The minimum atomic E-state index is -7.14. The Morgan fingerprint density at radius 2 is 1.26 bits per heavy atom. The Kier molecular flexibility index (Phi) is 6.43. The van der Waals surface area contributed by atoms with Gasteiger partial charge in [-0.25, -0.2) is 9.18 Å². The first-order valence-electron chi connectivity index (χ1n) is 8.06. The molecule has 2 nitrogen and oxygen atoms in total. The second kappa shape index (κ2) is 8.23. The van der Waals surface area contributed by atoms with Gasteiger partial charge in [-0.3, -0.25) is 0 Å². The lowest BCUT2D eigenvalue weighted by Crippen LogP contribution is -2.60. The summed E-state index contributed by atoms with van der Waals surface area (Å²) >= 11 is 0. The van der Waals surface area contributed by atoms with E-state index in [9.17, 15) is 48.7 Å². The molecule has 168 valence electrons. The third-order valence-corrected chi connectivity index (χ3v) is 3.82. The molecule has 0 spiro atoms. The van der Waals surface area contributed by atoms with E-state index in [2.05, 4.69) is 4.74 Å². The number of halogens is 10. The topological polar surface area (TPSA) is 26.3 Å². The summed E-state index contributed by atoms with van der Waals surface area (Å²) in [5, 5.41) is 0. The summed E-state index contributed by atoms with van der Waals surface area (Å²) in [6.07, 6.45) is -8.08. The highest BCUT2D eigenvalue weighted by atomic mass is 19.4. The Labute approximate surface area is 167 Å². The van der Waals surface area contributed by atoms with E-state index in [-0.39, 0.29) is 5.75 Å². The molecule has 0 aliphatic rings. The normalized spacial score (nSPS) is 13.8. The van der Waals surface area contributed by atoms with Gasteiger partial charge in [0.2, 0.25) is 0 Å². The van der Waals surface area contributed by atoms with Gasteiger partial charge in [-0.1, -0.05) is 30.3 Å². The van der Waals surface area contributed by atoms with Gasteiger partial charge in [0.05, 0.1) is 5.57 Å². The molecular weight excluding hydrogens is 450 g/mol. The van der Waals surface area contributed by atoms with Gasteiger partial charge in [-0.15, -0.1) is 0 Å². The Morgan fingerprint density at radius 1 is 0.742 bits per heavy atom. The van der Waals surface area contributed by atoms with Crippen LogP contribution < -0.4 is 4.74 Å². The van der Waals surface area contributed by atoms with Crippen molar-refractivity contribution in [2.45, 2.75) is 23.9 Å². The SMILES string of the molecule is O=C(Oc1ccccc1)/C(=C/C(F)(F)C(F)(F)C(F)(F)C(F)(F)F)c1ccc(F)cc1. The van der Waals surface area contributed by atoms with Crippen LogP contribution in [0.4, 0.5) is 43.9 Å². The minimum Gasteiger partial charge on any atom is -0.423 e. The molecule has 0 aliphatic carbocycles. The van der Waals surface area contributed by atoms with Crippen molar-refractivity contribution >= 4 is 11.5 Å². The summed E-state index contributed by atoms with van der Waals surface area (Å²) in [5.74, 6) is -23.3. The Bertz CT molecular complexity index is 948. The summed E-state index contributed by atoms with van der Waals surface area (Å²) in [6.45, 7) is 0. The van der Waals surface area contributed by atoms with Crippen LogP contribution in [0.3, 0.4) is 0 Å². The van der Waals surface area contributed by atoms with Gasteiger partial charge in [-0.05, 0) is 29.8 Å². The molecule has 31 heavy (non-hydrogen) atoms. The maximum absolute atomic E-state index is 14.1. The number of benzene rings is 2. The zero-order chi connectivity index (χ0) is 23.7. The summed E-state index contributed by atoms with van der Waals surface area (Å²) < 4.78 is 136.